The van der Waals surface area contributed by atoms with Crippen LogP contribution in [0.15, 0.2) is 48.9 Å². The monoisotopic (exact) mass is 453 g/mol. The molecule has 1 aliphatic carbocycles. The topological polar surface area (TPSA) is 101 Å². The lowest BCUT2D eigenvalue weighted by molar-refractivity contribution is -0.913. The summed E-state index contributed by atoms with van der Waals surface area (Å²) in [6, 6.07) is 9.13. The molecule has 2 N–H and O–H groups in total. The normalized spacial score (nSPS) is 24.8. The summed E-state index contributed by atoms with van der Waals surface area (Å²) in [5.41, 5.74) is -1.04. The molecule has 0 bridgehead atoms. The van der Waals surface area contributed by atoms with Crippen LogP contribution in [0.2, 0.25) is 0 Å². The first-order valence-corrected chi connectivity index (χ1v) is 11.8. The van der Waals surface area contributed by atoms with Crippen LogP contribution in [0.3, 0.4) is 0 Å². The lowest BCUT2D eigenvalue weighted by Crippen LogP contribution is -2.54. The summed E-state index contributed by atoms with van der Waals surface area (Å²) in [6.07, 6.45) is 10.0. The van der Waals surface area contributed by atoms with Crippen molar-refractivity contribution in [2.24, 2.45) is 5.92 Å². The number of hydrogen-bond donors (Lipinski definition) is 2. The third-order valence-corrected chi connectivity index (χ3v) is 7.30. The second-order valence-electron chi connectivity index (χ2n) is 9.51. The standard InChI is InChI=1S/C25H32N4O4/c1-29(17-23(30)28-22-16-26-13-14-27-22)15-7-12-21(29)18-33-24(31)25(32,20-10-5-6-11-20)19-8-3-2-4-9-19/h2-4,8-9,13-14,16,20-21,32H,5-7,10-12,15,17-18H2,1H3/p+1/t21?,25?,29-/m1/s1. The highest BCUT2D eigenvalue weighted by atomic mass is 16.6. The molecule has 2 fully saturated rings. The van der Waals surface area contributed by atoms with Crippen LogP contribution in [0.5, 0.6) is 0 Å². The minimum absolute atomic E-state index is 0.00911. The van der Waals surface area contributed by atoms with Crippen LogP contribution in [0, 0.1) is 5.92 Å². The average Bonchev–Trinajstić information content (AvgIpc) is 3.48. The first-order chi connectivity index (χ1) is 15.9. The second kappa shape index (κ2) is 9.97. The van der Waals surface area contributed by atoms with Crippen LogP contribution in [0.4, 0.5) is 5.82 Å². The summed E-state index contributed by atoms with van der Waals surface area (Å²) >= 11 is 0. The van der Waals surface area contributed by atoms with E-state index in [2.05, 4.69) is 15.3 Å². The number of carbonyl (C=O) groups excluding carboxylic acids is 2. The summed E-state index contributed by atoms with van der Waals surface area (Å²) in [6.45, 7) is 1.25. The number of amides is 1. The van der Waals surface area contributed by atoms with E-state index in [-0.39, 0.29) is 31.0 Å². The molecule has 8 nitrogen and oxygen atoms in total. The molecule has 1 saturated heterocycles. The molecule has 0 spiro atoms. The van der Waals surface area contributed by atoms with E-state index in [9.17, 15) is 14.7 Å². The van der Waals surface area contributed by atoms with Gasteiger partial charge >= 0.3 is 5.97 Å². The SMILES string of the molecule is C[N@+]1(CC(=O)Nc2cnccn2)CCCC1COC(=O)C(O)(c1ccccc1)C1CCCC1. The molecule has 3 atom stereocenters. The van der Waals surface area contributed by atoms with Gasteiger partial charge in [0.2, 0.25) is 0 Å². The van der Waals surface area contributed by atoms with Crippen molar-refractivity contribution in [1.29, 1.82) is 0 Å². The Morgan fingerprint density at radius 1 is 1.15 bits per heavy atom. The van der Waals surface area contributed by atoms with Crippen LogP contribution in [-0.4, -0.2) is 64.2 Å². The number of quaternary nitrogens is 1. The number of benzene rings is 1. The van der Waals surface area contributed by atoms with Crippen molar-refractivity contribution in [2.75, 3.05) is 32.1 Å². The van der Waals surface area contributed by atoms with Gasteiger partial charge < -0.3 is 19.6 Å². The van der Waals surface area contributed by atoms with Gasteiger partial charge in [0.05, 0.1) is 19.8 Å². The van der Waals surface area contributed by atoms with E-state index in [0.29, 0.717) is 15.9 Å². The molecule has 2 unspecified atom stereocenters. The first kappa shape index (κ1) is 23.3. The summed E-state index contributed by atoms with van der Waals surface area (Å²) < 4.78 is 6.27. The van der Waals surface area contributed by atoms with Crippen LogP contribution in [-0.2, 0) is 19.9 Å². The summed E-state index contributed by atoms with van der Waals surface area (Å²) in [7, 11) is 2.02. The molecule has 33 heavy (non-hydrogen) atoms. The van der Waals surface area contributed by atoms with Crippen molar-refractivity contribution in [1.82, 2.24) is 9.97 Å². The summed E-state index contributed by atoms with van der Waals surface area (Å²) in [5.74, 6) is -0.457. The van der Waals surface area contributed by atoms with E-state index in [0.717, 1.165) is 45.1 Å². The predicted octanol–water partition coefficient (Wildman–Crippen LogP) is 2.65. The highest BCUT2D eigenvalue weighted by molar-refractivity contribution is 5.90. The maximum atomic E-state index is 13.3. The van der Waals surface area contributed by atoms with Crippen molar-refractivity contribution in [3.8, 4) is 0 Å². The zero-order valence-electron chi connectivity index (χ0n) is 19.2. The van der Waals surface area contributed by atoms with Crippen molar-refractivity contribution < 1.29 is 23.9 Å². The van der Waals surface area contributed by atoms with Crippen molar-refractivity contribution >= 4 is 17.7 Å². The van der Waals surface area contributed by atoms with Crippen LogP contribution in [0.25, 0.3) is 0 Å². The number of rotatable bonds is 8. The van der Waals surface area contributed by atoms with E-state index in [4.69, 9.17) is 4.74 Å². The van der Waals surface area contributed by atoms with E-state index in [1.165, 1.54) is 12.4 Å². The van der Waals surface area contributed by atoms with E-state index in [1.54, 1.807) is 18.3 Å². The Labute approximate surface area is 194 Å². The smallest absolute Gasteiger partial charge is 0.343 e. The molecule has 4 rings (SSSR count). The Hall–Kier alpha value is -2.84. The number of carbonyl (C=O) groups is 2. The number of anilines is 1. The third-order valence-electron chi connectivity index (χ3n) is 7.30. The van der Waals surface area contributed by atoms with Crippen LogP contribution in [0.1, 0.15) is 44.1 Å². The van der Waals surface area contributed by atoms with Gasteiger partial charge in [-0.05, 0) is 18.4 Å². The molecule has 1 saturated carbocycles. The number of likely N-dealkylation sites (N-methyl/N-ethyl adjacent to an activating group) is 1. The fourth-order valence-electron chi connectivity index (χ4n) is 5.37. The molecule has 2 heterocycles. The van der Waals surface area contributed by atoms with Gasteiger partial charge in [0.15, 0.2) is 18.0 Å². The Morgan fingerprint density at radius 2 is 1.91 bits per heavy atom. The van der Waals surface area contributed by atoms with Crippen LogP contribution < -0.4 is 5.32 Å². The van der Waals surface area contributed by atoms with Crippen LogP contribution >= 0.6 is 0 Å². The predicted molar refractivity (Wildman–Crippen MR) is 123 cm³/mol. The molecular weight excluding hydrogens is 420 g/mol. The molecule has 8 heteroatoms. The summed E-state index contributed by atoms with van der Waals surface area (Å²) in [5, 5.41) is 14.4. The van der Waals surface area contributed by atoms with Crippen molar-refractivity contribution in [3.63, 3.8) is 0 Å². The summed E-state index contributed by atoms with van der Waals surface area (Å²) in [4.78, 5) is 34.0. The molecular formula is C25H33N4O4+. The molecule has 2 aliphatic rings. The number of aliphatic hydroxyl groups is 1. The molecule has 2 aromatic rings. The van der Waals surface area contributed by atoms with Gasteiger partial charge in [-0.2, -0.15) is 0 Å². The Bertz CT molecular complexity index is 951. The minimum Gasteiger partial charge on any atom is -0.457 e. The molecule has 176 valence electrons. The Balaban J connectivity index is 1.42. The Kier molecular flexibility index (Phi) is 7.05. The fraction of sp³-hybridized carbons (Fsp3) is 0.520. The fourth-order valence-corrected chi connectivity index (χ4v) is 5.37. The number of esters is 1. The molecule has 1 aromatic carbocycles. The van der Waals surface area contributed by atoms with Gasteiger partial charge in [-0.3, -0.25) is 9.78 Å². The van der Waals surface area contributed by atoms with Crippen molar-refractivity contribution in [3.05, 3.63) is 54.5 Å². The van der Waals surface area contributed by atoms with Gasteiger partial charge in [-0.1, -0.05) is 43.2 Å². The molecule has 1 aromatic heterocycles. The number of ether oxygens (including phenoxy) is 1. The largest absolute Gasteiger partial charge is 0.457 e. The number of aromatic nitrogens is 2. The Morgan fingerprint density at radius 3 is 2.61 bits per heavy atom. The first-order valence-electron chi connectivity index (χ1n) is 11.8. The van der Waals surface area contributed by atoms with E-state index >= 15 is 0 Å². The number of hydrogen-bond acceptors (Lipinski definition) is 6. The lowest BCUT2D eigenvalue weighted by Gasteiger charge is -2.36. The number of nitrogens with one attached hydrogen (secondary N) is 1. The van der Waals surface area contributed by atoms with Gasteiger partial charge in [0.1, 0.15) is 12.6 Å². The maximum absolute atomic E-state index is 13.3. The zero-order chi connectivity index (χ0) is 23.3. The molecule has 1 amide bonds. The number of likely N-dealkylation sites (tertiary alicyclic amines) is 1. The third kappa shape index (κ3) is 5.07. The average molecular weight is 454 g/mol. The number of nitrogens with zero attached hydrogens (tertiary/aromatic N) is 3. The second-order valence-corrected chi connectivity index (χ2v) is 9.51. The van der Waals surface area contributed by atoms with Gasteiger partial charge in [-0.15, -0.1) is 0 Å². The minimum atomic E-state index is -1.64. The highest BCUT2D eigenvalue weighted by Gasteiger charge is 2.49. The quantitative estimate of drug-likeness (QED) is 0.471. The van der Waals surface area contributed by atoms with Crippen molar-refractivity contribution in [2.45, 2.75) is 50.2 Å². The zero-order valence-corrected chi connectivity index (χ0v) is 19.2. The molecule has 0 radical (unpaired) electrons. The van der Waals surface area contributed by atoms with Gasteiger partial charge in [-0.25, -0.2) is 9.78 Å². The molecule has 1 aliphatic heterocycles. The highest BCUT2D eigenvalue weighted by Crippen LogP contribution is 2.41. The van der Waals surface area contributed by atoms with E-state index in [1.807, 2.05) is 25.2 Å². The lowest BCUT2D eigenvalue weighted by atomic mass is 9.80. The van der Waals surface area contributed by atoms with E-state index < -0.39 is 11.6 Å². The van der Waals surface area contributed by atoms with Gasteiger partial charge in [0.25, 0.3) is 5.91 Å². The van der Waals surface area contributed by atoms with Gasteiger partial charge in [0, 0.05) is 31.2 Å². The maximum Gasteiger partial charge on any atom is 0.343 e.